The van der Waals surface area contributed by atoms with Gasteiger partial charge in [0.1, 0.15) is 0 Å². The van der Waals surface area contributed by atoms with Gasteiger partial charge in [-0.05, 0) is 51.1 Å². The van der Waals surface area contributed by atoms with Crippen LogP contribution in [-0.2, 0) is 0 Å². The maximum absolute atomic E-state index is 13.1. The Balaban J connectivity index is 1.68. The number of aromatic nitrogens is 2. The number of ether oxygens (including phenoxy) is 2. The smallest absolute Gasteiger partial charge is 0.258 e. The zero-order valence-electron chi connectivity index (χ0n) is 16.1. The number of aryl methyl sites for hydroxylation is 1. The molecule has 1 aromatic heterocycles. The van der Waals surface area contributed by atoms with Crippen LogP contribution in [0.5, 0.6) is 11.5 Å². The Hall–Kier alpha value is -2.99. The van der Waals surface area contributed by atoms with Gasteiger partial charge in [-0.1, -0.05) is 17.7 Å². The Kier molecular flexibility index (Phi) is 4.51. The monoisotopic (exact) mass is 397 g/mol. The lowest BCUT2D eigenvalue weighted by Gasteiger charge is -2.21. The third-order valence-electron chi connectivity index (χ3n) is 4.97. The number of nitrogens with zero attached hydrogens (tertiary/aromatic N) is 3. The first-order valence-corrected chi connectivity index (χ1v) is 9.25. The van der Waals surface area contributed by atoms with E-state index in [1.54, 1.807) is 22.7 Å². The lowest BCUT2D eigenvalue weighted by Crippen LogP contribution is -2.27. The normalized spacial score (nSPS) is 12.3. The lowest BCUT2D eigenvalue weighted by atomic mass is 10.1. The molecule has 0 bridgehead atoms. The molecule has 1 amide bonds. The highest BCUT2D eigenvalue weighted by atomic mass is 35.5. The van der Waals surface area contributed by atoms with E-state index in [0.717, 1.165) is 28.3 Å². The zero-order chi connectivity index (χ0) is 20.0. The number of hydrogen-bond donors (Lipinski definition) is 0. The second-order valence-corrected chi connectivity index (χ2v) is 7.13. The van der Waals surface area contributed by atoms with Crippen LogP contribution in [0.4, 0.5) is 5.69 Å². The van der Waals surface area contributed by atoms with E-state index in [-0.39, 0.29) is 12.7 Å². The summed E-state index contributed by atoms with van der Waals surface area (Å²) >= 11 is 6.26. The minimum atomic E-state index is -0.128. The third-order valence-corrected chi connectivity index (χ3v) is 5.51. The molecule has 0 spiro atoms. The molecule has 2 heterocycles. The van der Waals surface area contributed by atoms with Crippen LogP contribution in [0.2, 0.25) is 5.02 Å². The topological polar surface area (TPSA) is 56.6 Å². The molecule has 2 aromatic carbocycles. The minimum absolute atomic E-state index is 0.128. The van der Waals surface area contributed by atoms with Crippen molar-refractivity contribution in [2.45, 2.75) is 20.8 Å². The molecule has 0 aliphatic carbocycles. The number of amides is 1. The first kappa shape index (κ1) is 18.4. The van der Waals surface area contributed by atoms with Crippen molar-refractivity contribution in [1.82, 2.24) is 9.78 Å². The number of rotatable bonds is 3. The highest BCUT2D eigenvalue weighted by Gasteiger charge is 2.23. The summed E-state index contributed by atoms with van der Waals surface area (Å²) in [6, 6.07) is 11.0. The van der Waals surface area contributed by atoms with Crippen molar-refractivity contribution in [2.75, 3.05) is 18.7 Å². The van der Waals surface area contributed by atoms with Gasteiger partial charge in [0.15, 0.2) is 11.5 Å². The van der Waals surface area contributed by atoms with Gasteiger partial charge < -0.3 is 14.4 Å². The standard InChI is InChI=1S/C21H20ClN3O3/c1-12-17(8-9-18-20(12)28-11-27-18)24(4)21(26)15-6-5-7-16(10-15)25-14(3)19(22)13(2)23-25/h5-10H,11H2,1-4H3. The fourth-order valence-electron chi connectivity index (χ4n) is 3.41. The van der Waals surface area contributed by atoms with Crippen molar-refractivity contribution in [3.63, 3.8) is 0 Å². The molecule has 0 N–H and O–H groups in total. The summed E-state index contributed by atoms with van der Waals surface area (Å²) in [5.41, 5.74) is 4.57. The Morgan fingerprint density at radius 2 is 1.96 bits per heavy atom. The highest BCUT2D eigenvalue weighted by Crippen LogP contribution is 2.40. The number of fused-ring (bicyclic) bond motifs is 1. The van der Waals surface area contributed by atoms with Crippen LogP contribution in [0.15, 0.2) is 36.4 Å². The molecule has 7 heteroatoms. The van der Waals surface area contributed by atoms with Gasteiger partial charge in [0.2, 0.25) is 6.79 Å². The van der Waals surface area contributed by atoms with Gasteiger partial charge in [0.25, 0.3) is 5.91 Å². The molecule has 1 aliphatic heterocycles. The van der Waals surface area contributed by atoms with Gasteiger partial charge in [-0.3, -0.25) is 4.79 Å². The van der Waals surface area contributed by atoms with E-state index in [4.69, 9.17) is 21.1 Å². The summed E-state index contributed by atoms with van der Waals surface area (Å²) in [7, 11) is 1.75. The van der Waals surface area contributed by atoms with E-state index < -0.39 is 0 Å². The Labute approximate surface area is 168 Å². The van der Waals surface area contributed by atoms with Crippen molar-refractivity contribution in [2.24, 2.45) is 0 Å². The van der Waals surface area contributed by atoms with Crippen molar-refractivity contribution >= 4 is 23.2 Å². The molecule has 144 valence electrons. The van der Waals surface area contributed by atoms with Gasteiger partial charge in [0.05, 0.1) is 27.8 Å². The van der Waals surface area contributed by atoms with Crippen molar-refractivity contribution < 1.29 is 14.3 Å². The number of halogens is 1. The Morgan fingerprint density at radius 3 is 2.68 bits per heavy atom. The average molecular weight is 398 g/mol. The van der Waals surface area contributed by atoms with Gasteiger partial charge >= 0.3 is 0 Å². The maximum atomic E-state index is 13.1. The Bertz CT molecular complexity index is 1090. The molecular formula is C21H20ClN3O3. The van der Waals surface area contributed by atoms with Crippen molar-refractivity contribution in [1.29, 1.82) is 0 Å². The quantitative estimate of drug-likeness (QED) is 0.654. The zero-order valence-corrected chi connectivity index (χ0v) is 16.9. The summed E-state index contributed by atoms with van der Waals surface area (Å²) in [6.45, 7) is 5.88. The van der Waals surface area contributed by atoms with Crippen LogP contribution < -0.4 is 14.4 Å². The molecule has 28 heavy (non-hydrogen) atoms. The van der Waals surface area contributed by atoms with Gasteiger partial charge in [0, 0.05) is 18.2 Å². The fourth-order valence-corrected chi connectivity index (χ4v) is 3.53. The minimum Gasteiger partial charge on any atom is -0.454 e. The van der Waals surface area contributed by atoms with E-state index in [1.165, 1.54) is 0 Å². The summed E-state index contributed by atoms with van der Waals surface area (Å²) in [4.78, 5) is 14.8. The van der Waals surface area contributed by atoms with Crippen LogP contribution in [0, 0.1) is 20.8 Å². The molecule has 0 fully saturated rings. The summed E-state index contributed by atoms with van der Waals surface area (Å²) in [6.07, 6.45) is 0. The van der Waals surface area contributed by atoms with E-state index >= 15 is 0 Å². The SMILES string of the molecule is Cc1nn(-c2cccc(C(=O)N(C)c3ccc4c(c3C)OCO4)c2)c(C)c1Cl. The molecule has 0 atom stereocenters. The van der Waals surface area contributed by atoms with Crippen LogP contribution in [0.1, 0.15) is 27.3 Å². The molecule has 0 saturated heterocycles. The van der Waals surface area contributed by atoms with Crippen molar-refractivity contribution in [3.8, 4) is 17.2 Å². The molecule has 3 aromatic rings. The predicted octanol–water partition coefficient (Wildman–Crippen LogP) is 4.46. The van der Waals surface area contributed by atoms with Crippen LogP contribution in [0.25, 0.3) is 5.69 Å². The van der Waals surface area contributed by atoms with Crippen LogP contribution in [0.3, 0.4) is 0 Å². The average Bonchev–Trinajstić information content (AvgIpc) is 3.28. The van der Waals surface area contributed by atoms with E-state index in [0.29, 0.717) is 22.1 Å². The summed E-state index contributed by atoms with van der Waals surface area (Å²) < 4.78 is 12.7. The molecule has 0 radical (unpaired) electrons. The largest absolute Gasteiger partial charge is 0.454 e. The third kappa shape index (κ3) is 2.90. The molecule has 4 rings (SSSR count). The van der Waals surface area contributed by atoms with E-state index in [9.17, 15) is 4.79 Å². The van der Waals surface area contributed by atoms with Gasteiger partial charge in [-0.25, -0.2) is 4.68 Å². The summed E-state index contributed by atoms with van der Waals surface area (Å²) in [5.74, 6) is 1.25. The first-order valence-electron chi connectivity index (χ1n) is 8.88. The highest BCUT2D eigenvalue weighted by molar-refractivity contribution is 6.31. The number of hydrogen-bond acceptors (Lipinski definition) is 4. The lowest BCUT2D eigenvalue weighted by molar-refractivity contribution is 0.0993. The van der Waals surface area contributed by atoms with Crippen LogP contribution >= 0.6 is 11.6 Å². The predicted molar refractivity (Wildman–Crippen MR) is 108 cm³/mol. The molecule has 0 unspecified atom stereocenters. The number of carbonyl (C=O) groups is 1. The second kappa shape index (κ2) is 6.87. The molecular weight excluding hydrogens is 378 g/mol. The van der Waals surface area contributed by atoms with E-state index in [1.807, 2.05) is 51.1 Å². The number of anilines is 1. The van der Waals surface area contributed by atoms with Gasteiger partial charge in [-0.2, -0.15) is 5.10 Å². The van der Waals surface area contributed by atoms with Crippen molar-refractivity contribution in [3.05, 3.63) is 63.9 Å². The number of benzene rings is 2. The maximum Gasteiger partial charge on any atom is 0.258 e. The Morgan fingerprint density at radius 1 is 1.18 bits per heavy atom. The van der Waals surface area contributed by atoms with Crippen LogP contribution in [-0.4, -0.2) is 29.5 Å². The van der Waals surface area contributed by atoms with E-state index in [2.05, 4.69) is 5.10 Å². The summed E-state index contributed by atoms with van der Waals surface area (Å²) in [5, 5.41) is 5.10. The fraction of sp³-hybridized carbons (Fsp3) is 0.238. The number of carbonyl (C=O) groups excluding carboxylic acids is 1. The molecule has 6 nitrogen and oxygen atoms in total. The van der Waals surface area contributed by atoms with Gasteiger partial charge in [-0.15, -0.1) is 0 Å². The second-order valence-electron chi connectivity index (χ2n) is 6.75. The molecule has 0 saturated carbocycles. The first-order chi connectivity index (χ1) is 13.4. The molecule has 1 aliphatic rings.